The smallest absolute Gasteiger partial charge is 0.188 e. The van der Waals surface area contributed by atoms with Crippen LogP contribution in [0.3, 0.4) is 0 Å². The number of pyridine rings is 1. The van der Waals surface area contributed by atoms with Crippen molar-refractivity contribution in [1.29, 1.82) is 0 Å². The monoisotopic (exact) mass is 540 g/mol. The van der Waals surface area contributed by atoms with E-state index < -0.39 is 0 Å². The van der Waals surface area contributed by atoms with Crippen LogP contribution < -0.4 is 0 Å². The summed E-state index contributed by atoms with van der Waals surface area (Å²) in [6, 6.07) is 43.7. The third kappa shape index (κ3) is 4.47. The number of nitrogens with zero attached hydrogens (tertiary/aromatic N) is 4. The van der Waals surface area contributed by atoms with Gasteiger partial charge in [-0.1, -0.05) is 84.9 Å². The van der Waals surface area contributed by atoms with Crippen molar-refractivity contribution in [2.75, 3.05) is 0 Å². The number of rotatable bonds is 5. The van der Waals surface area contributed by atoms with Crippen molar-refractivity contribution in [3.63, 3.8) is 0 Å². The third-order valence-electron chi connectivity index (χ3n) is 7.40. The van der Waals surface area contributed by atoms with E-state index in [2.05, 4.69) is 75.1 Å². The van der Waals surface area contributed by atoms with Crippen LogP contribution in [0.2, 0.25) is 0 Å². The van der Waals surface area contributed by atoms with Crippen molar-refractivity contribution < 1.29 is 5.11 Å². The number of aromatic hydroxyl groups is 1. The molecule has 0 aliphatic rings. The van der Waals surface area contributed by atoms with Gasteiger partial charge in [0, 0.05) is 28.6 Å². The van der Waals surface area contributed by atoms with E-state index in [0.29, 0.717) is 17.1 Å². The second kappa shape index (κ2) is 10.5. The van der Waals surface area contributed by atoms with Gasteiger partial charge >= 0.3 is 0 Å². The number of hydrogen-bond acceptors (Lipinski definition) is 3. The van der Waals surface area contributed by atoms with Gasteiger partial charge in [-0.3, -0.25) is 9.55 Å². The fourth-order valence-electron chi connectivity index (χ4n) is 5.36. The van der Waals surface area contributed by atoms with Gasteiger partial charge in [0.05, 0.1) is 23.3 Å². The predicted octanol–water partition coefficient (Wildman–Crippen LogP) is 9.34. The average molecular weight is 541 g/mol. The van der Waals surface area contributed by atoms with Crippen molar-refractivity contribution in [3.8, 4) is 56.3 Å². The lowest BCUT2D eigenvalue weighted by Gasteiger charge is -2.12. The zero-order chi connectivity index (χ0) is 28.5. The number of aromatic nitrogens is 3. The summed E-state index contributed by atoms with van der Waals surface area (Å²) in [7, 11) is 0. The van der Waals surface area contributed by atoms with Gasteiger partial charge < -0.3 is 5.11 Å². The summed E-state index contributed by atoms with van der Waals surface area (Å²) in [4.78, 5) is 13.3. The fourth-order valence-corrected chi connectivity index (χ4v) is 5.36. The molecule has 0 amide bonds. The highest BCUT2D eigenvalue weighted by molar-refractivity contribution is 5.96. The maximum atomic E-state index is 11.0. The Morgan fingerprint density at radius 3 is 2.14 bits per heavy atom. The van der Waals surface area contributed by atoms with Gasteiger partial charge in [0.25, 0.3) is 0 Å². The number of benzene rings is 5. The molecular formula is C37H24N4O. The minimum absolute atomic E-state index is 0.0681. The number of fused-ring (bicyclic) bond motifs is 1. The van der Waals surface area contributed by atoms with Crippen molar-refractivity contribution in [1.82, 2.24) is 14.5 Å². The Morgan fingerprint density at radius 1 is 0.619 bits per heavy atom. The number of phenols is 1. The number of imidazole rings is 1. The first-order chi connectivity index (χ1) is 20.7. The zero-order valence-corrected chi connectivity index (χ0v) is 22.5. The molecule has 0 saturated heterocycles. The van der Waals surface area contributed by atoms with E-state index >= 15 is 0 Å². The maximum absolute atomic E-state index is 11.0. The summed E-state index contributed by atoms with van der Waals surface area (Å²) in [6.07, 6.45) is 1.80. The standard InChI is InChI=1S/C37H24N4O/c1-38-29-18-21-35(42)32(24-29)37-40-36-31(27-11-7-12-28(23-27)33-14-5-6-22-39-33)13-8-15-34(36)41(37)30-19-16-26(17-20-30)25-9-3-2-4-10-25/h2-24,42H. The minimum atomic E-state index is 0.0681. The van der Waals surface area contributed by atoms with Crippen molar-refractivity contribution in [3.05, 3.63) is 151 Å². The number of phenolic OH excluding ortho intramolecular Hbond substituents is 1. The van der Waals surface area contributed by atoms with Gasteiger partial charge in [-0.15, -0.1) is 0 Å². The summed E-state index contributed by atoms with van der Waals surface area (Å²) < 4.78 is 2.05. The molecule has 2 heterocycles. The molecule has 0 aliphatic heterocycles. The third-order valence-corrected chi connectivity index (χ3v) is 7.40. The van der Waals surface area contributed by atoms with Crippen molar-refractivity contribution in [2.24, 2.45) is 0 Å². The average Bonchev–Trinajstić information content (AvgIpc) is 3.45. The Bertz CT molecular complexity index is 2090. The van der Waals surface area contributed by atoms with Crippen LogP contribution in [0.15, 0.2) is 140 Å². The highest BCUT2D eigenvalue weighted by Crippen LogP contribution is 2.39. The SMILES string of the molecule is [C-]#[N+]c1ccc(O)c(-c2nc3c(-c4cccc(-c5ccccn5)c4)cccc3n2-c2ccc(-c3ccccc3)cc2)c1. The number of para-hydroxylation sites is 1. The Balaban J connectivity index is 1.45. The lowest BCUT2D eigenvalue weighted by molar-refractivity contribution is 0.477. The quantitative estimate of drug-likeness (QED) is 0.221. The summed E-state index contributed by atoms with van der Waals surface area (Å²) in [5.74, 6) is 0.632. The molecular weight excluding hydrogens is 516 g/mol. The first-order valence-electron chi connectivity index (χ1n) is 13.6. The van der Waals surface area contributed by atoms with E-state index in [1.807, 2.05) is 54.6 Å². The van der Waals surface area contributed by atoms with Gasteiger partial charge in [-0.25, -0.2) is 9.83 Å². The van der Waals surface area contributed by atoms with E-state index in [-0.39, 0.29) is 5.75 Å². The molecule has 42 heavy (non-hydrogen) atoms. The summed E-state index contributed by atoms with van der Waals surface area (Å²) in [5.41, 5.74) is 9.67. The lowest BCUT2D eigenvalue weighted by Crippen LogP contribution is -1.98. The van der Waals surface area contributed by atoms with Crippen LogP contribution in [0.5, 0.6) is 5.75 Å². The van der Waals surface area contributed by atoms with E-state index in [0.717, 1.165) is 50.2 Å². The molecule has 0 bridgehead atoms. The Hall–Kier alpha value is -5.99. The molecule has 7 aromatic rings. The van der Waals surface area contributed by atoms with Gasteiger partial charge in [0.1, 0.15) is 11.6 Å². The molecule has 0 saturated carbocycles. The molecule has 2 aromatic heterocycles. The summed E-state index contributed by atoms with van der Waals surface area (Å²) in [5, 5.41) is 11.0. The fraction of sp³-hybridized carbons (Fsp3) is 0. The molecule has 0 spiro atoms. The van der Waals surface area contributed by atoms with Gasteiger partial charge in [0.15, 0.2) is 5.69 Å². The molecule has 0 unspecified atom stereocenters. The molecule has 7 rings (SSSR count). The molecule has 0 aliphatic carbocycles. The molecule has 198 valence electrons. The number of hydrogen-bond donors (Lipinski definition) is 1. The van der Waals surface area contributed by atoms with Crippen molar-refractivity contribution >= 4 is 16.7 Å². The van der Waals surface area contributed by atoms with Crippen LogP contribution in [0, 0.1) is 6.57 Å². The topological polar surface area (TPSA) is 55.3 Å². The minimum Gasteiger partial charge on any atom is -0.507 e. The largest absolute Gasteiger partial charge is 0.507 e. The molecule has 5 heteroatoms. The van der Waals surface area contributed by atoms with Crippen LogP contribution in [0.1, 0.15) is 0 Å². The lowest BCUT2D eigenvalue weighted by atomic mass is 10.0. The predicted molar refractivity (Wildman–Crippen MR) is 169 cm³/mol. The first-order valence-corrected chi connectivity index (χ1v) is 13.6. The van der Waals surface area contributed by atoms with Crippen LogP contribution in [-0.4, -0.2) is 19.6 Å². The van der Waals surface area contributed by atoms with Gasteiger partial charge in [-0.2, -0.15) is 0 Å². The van der Waals surface area contributed by atoms with E-state index in [9.17, 15) is 5.11 Å². The van der Waals surface area contributed by atoms with Crippen LogP contribution >= 0.6 is 0 Å². The van der Waals surface area contributed by atoms with Gasteiger partial charge in [0.2, 0.25) is 0 Å². The van der Waals surface area contributed by atoms with E-state index in [4.69, 9.17) is 11.6 Å². The first kappa shape index (κ1) is 25.0. The van der Waals surface area contributed by atoms with E-state index in [1.165, 1.54) is 0 Å². The second-order valence-electron chi connectivity index (χ2n) is 9.97. The molecule has 5 nitrogen and oxygen atoms in total. The summed E-state index contributed by atoms with van der Waals surface area (Å²) in [6.45, 7) is 7.55. The summed E-state index contributed by atoms with van der Waals surface area (Å²) >= 11 is 0. The normalized spacial score (nSPS) is 10.9. The molecule has 0 atom stereocenters. The molecule has 1 N–H and O–H groups in total. The molecule has 0 radical (unpaired) electrons. The highest BCUT2D eigenvalue weighted by Gasteiger charge is 2.20. The maximum Gasteiger partial charge on any atom is 0.188 e. The Labute approximate surface area is 243 Å². The Morgan fingerprint density at radius 2 is 1.36 bits per heavy atom. The molecule has 0 fully saturated rings. The van der Waals surface area contributed by atoms with Gasteiger partial charge in [-0.05, 0) is 65.2 Å². The Kier molecular flexibility index (Phi) is 6.27. The zero-order valence-electron chi connectivity index (χ0n) is 22.5. The second-order valence-corrected chi connectivity index (χ2v) is 9.97. The van der Waals surface area contributed by atoms with Crippen LogP contribution in [0.25, 0.3) is 66.5 Å². The highest BCUT2D eigenvalue weighted by atomic mass is 16.3. The van der Waals surface area contributed by atoms with Crippen molar-refractivity contribution in [2.45, 2.75) is 0 Å². The van der Waals surface area contributed by atoms with E-state index in [1.54, 1.807) is 24.4 Å². The molecule has 5 aromatic carbocycles. The van der Waals surface area contributed by atoms with Crippen LogP contribution in [-0.2, 0) is 0 Å². The van der Waals surface area contributed by atoms with Crippen LogP contribution in [0.4, 0.5) is 5.69 Å².